The number of hydrogen-bond acceptors (Lipinski definition) is 3. The van der Waals surface area contributed by atoms with Crippen molar-refractivity contribution in [3.8, 4) is 0 Å². The SMILES string of the molecule is CCC(C)N(C)C(=O)[C@@H](CC)N(C)C(=O)C1CCN(C)CC1. The van der Waals surface area contributed by atoms with Crippen molar-refractivity contribution in [2.24, 2.45) is 5.92 Å². The van der Waals surface area contributed by atoms with Crippen LogP contribution in [-0.2, 0) is 9.59 Å². The molecule has 1 aliphatic rings. The predicted molar refractivity (Wildman–Crippen MR) is 89.6 cm³/mol. The summed E-state index contributed by atoms with van der Waals surface area (Å²) >= 11 is 0. The van der Waals surface area contributed by atoms with E-state index in [0.717, 1.165) is 32.4 Å². The van der Waals surface area contributed by atoms with Crippen molar-refractivity contribution in [3.63, 3.8) is 0 Å². The number of carbonyl (C=O) groups excluding carboxylic acids is 2. The summed E-state index contributed by atoms with van der Waals surface area (Å²) in [6.07, 6.45) is 3.37. The summed E-state index contributed by atoms with van der Waals surface area (Å²) < 4.78 is 0. The van der Waals surface area contributed by atoms with Crippen molar-refractivity contribution in [1.82, 2.24) is 14.7 Å². The van der Waals surface area contributed by atoms with E-state index in [9.17, 15) is 9.59 Å². The first kappa shape index (κ1) is 18.9. The molecule has 1 rings (SSSR count). The van der Waals surface area contributed by atoms with Gasteiger partial charge in [0.15, 0.2) is 0 Å². The van der Waals surface area contributed by atoms with Gasteiger partial charge in [-0.05, 0) is 52.7 Å². The fourth-order valence-electron chi connectivity index (χ4n) is 3.04. The van der Waals surface area contributed by atoms with Gasteiger partial charge in [-0.2, -0.15) is 0 Å². The van der Waals surface area contributed by atoms with E-state index in [2.05, 4.69) is 18.9 Å². The number of piperidine rings is 1. The second kappa shape index (κ2) is 8.51. The lowest BCUT2D eigenvalue weighted by Crippen LogP contribution is -2.52. The quantitative estimate of drug-likeness (QED) is 0.751. The minimum atomic E-state index is -0.342. The van der Waals surface area contributed by atoms with Gasteiger partial charge in [-0.3, -0.25) is 9.59 Å². The maximum absolute atomic E-state index is 12.7. The van der Waals surface area contributed by atoms with Crippen molar-refractivity contribution in [3.05, 3.63) is 0 Å². The van der Waals surface area contributed by atoms with E-state index in [1.54, 1.807) is 16.8 Å². The molecule has 5 nitrogen and oxygen atoms in total. The van der Waals surface area contributed by atoms with Crippen LogP contribution in [0.5, 0.6) is 0 Å². The van der Waals surface area contributed by atoms with E-state index >= 15 is 0 Å². The van der Waals surface area contributed by atoms with Crippen molar-refractivity contribution in [2.45, 2.75) is 58.5 Å². The van der Waals surface area contributed by atoms with Gasteiger partial charge < -0.3 is 14.7 Å². The number of amides is 2. The van der Waals surface area contributed by atoms with Gasteiger partial charge in [0, 0.05) is 26.1 Å². The molecule has 0 aromatic carbocycles. The van der Waals surface area contributed by atoms with Crippen molar-refractivity contribution in [2.75, 3.05) is 34.2 Å². The molecule has 0 aliphatic carbocycles. The van der Waals surface area contributed by atoms with Crippen LogP contribution in [0, 0.1) is 5.92 Å². The van der Waals surface area contributed by atoms with Crippen molar-refractivity contribution >= 4 is 11.8 Å². The highest BCUT2D eigenvalue weighted by Crippen LogP contribution is 2.20. The molecule has 1 heterocycles. The minimum Gasteiger partial charge on any atom is -0.341 e. The Morgan fingerprint density at radius 2 is 1.64 bits per heavy atom. The van der Waals surface area contributed by atoms with Crippen molar-refractivity contribution < 1.29 is 9.59 Å². The van der Waals surface area contributed by atoms with E-state index in [4.69, 9.17) is 0 Å². The third-order valence-electron chi connectivity index (χ3n) is 5.15. The van der Waals surface area contributed by atoms with Gasteiger partial charge in [0.05, 0.1) is 0 Å². The number of likely N-dealkylation sites (tertiary alicyclic amines) is 1. The Balaban J connectivity index is 2.72. The van der Waals surface area contributed by atoms with Crippen LogP contribution in [0.15, 0.2) is 0 Å². The number of likely N-dealkylation sites (N-methyl/N-ethyl adjacent to an activating group) is 2. The van der Waals surface area contributed by atoms with E-state index < -0.39 is 0 Å². The Kier molecular flexibility index (Phi) is 7.33. The fraction of sp³-hybridized carbons (Fsp3) is 0.882. The lowest BCUT2D eigenvalue weighted by Gasteiger charge is -2.36. The molecular formula is C17H33N3O2. The van der Waals surface area contributed by atoms with E-state index in [1.165, 1.54) is 0 Å². The monoisotopic (exact) mass is 311 g/mol. The van der Waals surface area contributed by atoms with Gasteiger partial charge in [-0.1, -0.05) is 13.8 Å². The highest BCUT2D eigenvalue weighted by atomic mass is 16.2. The molecule has 5 heteroatoms. The zero-order chi connectivity index (χ0) is 16.9. The molecule has 0 saturated carbocycles. The standard InChI is InChI=1S/C17H33N3O2/c1-7-13(3)19(5)17(22)15(8-2)20(6)16(21)14-9-11-18(4)12-10-14/h13-15H,7-12H2,1-6H3/t13?,15-/m1/s1. The molecule has 128 valence electrons. The van der Waals surface area contributed by atoms with Gasteiger partial charge in [0.25, 0.3) is 0 Å². The van der Waals surface area contributed by atoms with Gasteiger partial charge in [-0.15, -0.1) is 0 Å². The van der Waals surface area contributed by atoms with E-state index in [1.807, 2.05) is 20.9 Å². The molecule has 2 atom stereocenters. The average molecular weight is 311 g/mol. The Bertz CT molecular complexity index is 378. The van der Waals surface area contributed by atoms with Gasteiger partial charge >= 0.3 is 0 Å². The molecule has 0 aromatic rings. The van der Waals surface area contributed by atoms with Crippen LogP contribution in [0.25, 0.3) is 0 Å². The van der Waals surface area contributed by atoms with Gasteiger partial charge in [0.1, 0.15) is 6.04 Å². The fourth-order valence-corrected chi connectivity index (χ4v) is 3.04. The highest BCUT2D eigenvalue weighted by Gasteiger charge is 2.33. The molecule has 0 aromatic heterocycles. The lowest BCUT2D eigenvalue weighted by molar-refractivity contribution is -0.148. The van der Waals surface area contributed by atoms with Crippen LogP contribution >= 0.6 is 0 Å². The number of rotatable bonds is 6. The smallest absolute Gasteiger partial charge is 0.245 e. The van der Waals surface area contributed by atoms with Crippen LogP contribution in [0.4, 0.5) is 0 Å². The molecule has 0 bridgehead atoms. The second-order valence-corrected chi connectivity index (χ2v) is 6.66. The first-order valence-electron chi connectivity index (χ1n) is 8.55. The van der Waals surface area contributed by atoms with Gasteiger partial charge in [0.2, 0.25) is 11.8 Å². The summed E-state index contributed by atoms with van der Waals surface area (Å²) in [4.78, 5) is 31.1. The Hall–Kier alpha value is -1.10. The zero-order valence-corrected chi connectivity index (χ0v) is 15.1. The third kappa shape index (κ3) is 4.45. The Labute approximate surface area is 135 Å². The third-order valence-corrected chi connectivity index (χ3v) is 5.15. The summed E-state index contributed by atoms with van der Waals surface area (Å²) in [5.74, 6) is 0.253. The van der Waals surface area contributed by atoms with Crippen LogP contribution in [-0.4, -0.2) is 72.8 Å². The highest BCUT2D eigenvalue weighted by molar-refractivity contribution is 5.88. The number of nitrogens with zero attached hydrogens (tertiary/aromatic N) is 3. The van der Waals surface area contributed by atoms with Crippen LogP contribution in [0.1, 0.15) is 46.5 Å². The molecule has 0 radical (unpaired) electrons. The summed E-state index contributed by atoms with van der Waals surface area (Å²) in [6.45, 7) is 8.02. The van der Waals surface area contributed by atoms with Crippen LogP contribution in [0.3, 0.4) is 0 Å². The predicted octanol–water partition coefficient (Wildman–Crippen LogP) is 1.82. The number of carbonyl (C=O) groups is 2. The molecule has 1 fully saturated rings. The maximum Gasteiger partial charge on any atom is 0.245 e. The summed E-state index contributed by atoms with van der Waals surface area (Å²) in [7, 11) is 5.72. The Morgan fingerprint density at radius 3 is 2.09 bits per heavy atom. The van der Waals surface area contributed by atoms with Crippen molar-refractivity contribution in [1.29, 1.82) is 0 Å². The maximum atomic E-state index is 12.7. The topological polar surface area (TPSA) is 43.9 Å². The molecular weight excluding hydrogens is 278 g/mol. The Morgan fingerprint density at radius 1 is 1.09 bits per heavy atom. The molecule has 1 unspecified atom stereocenters. The van der Waals surface area contributed by atoms with Crippen LogP contribution < -0.4 is 0 Å². The van der Waals surface area contributed by atoms with Crippen LogP contribution in [0.2, 0.25) is 0 Å². The molecule has 0 N–H and O–H groups in total. The molecule has 1 aliphatic heterocycles. The first-order valence-corrected chi connectivity index (χ1v) is 8.55. The minimum absolute atomic E-state index is 0.0561. The molecule has 1 saturated heterocycles. The van der Waals surface area contributed by atoms with E-state index in [-0.39, 0.29) is 29.8 Å². The van der Waals surface area contributed by atoms with E-state index in [0.29, 0.717) is 6.42 Å². The first-order chi connectivity index (χ1) is 10.3. The average Bonchev–Trinajstić information content (AvgIpc) is 2.53. The molecule has 0 spiro atoms. The normalized spacial score (nSPS) is 19.5. The number of hydrogen-bond donors (Lipinski definition) is 0. The lowest BCUT2D eigenvalue weighted by atomic mass is 9.95. The molecule has 22 heavy (non-hydrogen) atoms. The summed E-state index contributed by atoms with van der Waals surface area (Å²) in [6, 6.07) is -0.139. The summed E-state index contributed by atoms with van der Waals surface area (Å²) in [5, 5.41) is 0. The molecule has 2 amide bonds. The summed E-state index contributed by atoms with van der Waals surface area (Å²) in [5.41, 5.74) is 0. The second-order valence-electron chi connectivity index (χ2n) is 6.66. The largest absolute Gasteiger partial charge is 0.341 e. The van der Waals surface area contributed by atoms with Gasteiger partial charge in [-0.25, -0.2) is 0 Å². The zero-order valence-electron chi connectivity index (χ0n) is 15.1.